The predicted molar refractivity (Wildman–Crippen MR) is 117 cm³/mol. The van der Waals surface area contributed by atoms with Gasteiger partial charge < -0.3 is 10.6 Å². The third-order valence-electron chi connectivity index (χ3n) is 4.29. The van der Waals surface area contributed by atoms with Crippen LogP contribution in [-0.4, -0.2) is 15.9 Å². The van der Waals surface area contributed by atoms with Crippen molar-refractivity contribution in [1.29, 1.82) is 0 Å². The molecule has 0 bridgehead atoms. The molecule has 0 atom stereocenters. The Kier molecular flexibility index (Phi) is 5.68. The zero-order valence-electron chi connectivity index (χ0n) is 15.6. The van der Waals surface area contributed by atoms with Crippen LogP contribution in [0.25, 0.3) is 11.3 Å². The number of rotatable bonds is 5. The summed E-state index contributed by atoms with van der Waals surface area (Å²) in [6.07, 6.45) is 1.41. The van der Waals surface area contributed by atoms with Crippen molar-refractivity contribution in [3.05, 3.63) is 102 Å². The van der Waals surface area contributed by atoms with Crippen LogP contribution in [0.2, 0.25) is 5.02 Å². The van der Waals surface area contributed by atoms with Gasteiger partial charge in [-0.05, 0) is 54.6 Å². The summed E-state index contributed by atoms with van der Waals surface area (Å²) in [4.78, 5) is 20.8. The van der Waals surface area contributed by atoms with Crippen LogP contribution in [0.3, 0.4) is 0 Å². The van der Waals surface area contributed by atoms with Gasteiger partial charge in [0.05, 0.1) is 5.69 Å². The summed E-state index contributed by atoms with van der Waals surface area (Å²) in [5.74, 6) is -0.00751. The Balaban J connectivity index is 1.46. The highest BCUT2D eigenvalue weighted by Crippen LogP contribution is 2.22. The smallest absolute Gasteiger partial charge is 0.255 e. The number of nitrogens with one attached hydrogen (secondary N) is 2. The number of hydrogen-bond donors (Lipinski definition) is 2. The van der Waals surface area contributed by atoms with Crippen LogP contribution < -0.4 is 10.6 Å². The third kappa shape index (κ3) is 4.79. The standard InChI is InChI=1S/C23H16ClFN4O/c24-17-4-2-6-20(12-17)29-23(30)15-7-9-19(10-8-15)28-22-13-21(26-14-27-22)16-3-1-5-18(25)11-16/h1-14H,(H,29,30)(H,26,27,28). The number of halogens is 2. The molecule has 0 radical (unpaired) electrons. The van der Waals surface area contributed by atoms with Crippen LogP contribution in [0, 0.1) is 5.82 Å². The number of benzene rings is 3. The average Bonchev–Trinajstić information content (AvgIpc) is 2.74. The maximum atomic E-state index is 13.5. The first-order valence-electron chi connectivity index (χ1n) is 9.09. The molecule has 148 valence electrons. The van der Waals surface area contributed by atoms with Crippen molar-refractivity contribution in [1.82, 2.24) is 9.97 Å². The normalized spacial score (nSPS) is 10.5. The van der Waals surface area contributed by atoms with Crippen LogP contribution >= 0.6 is 11.6 Å². The number of anilines is 3. The second-order valence-corrected chi connectivity index (χ2v) is 6.90. The number of aromatic nitrogens is 2. The van der Waals surface area contributed by atoms with Crippen LogP contribution in [0.5, 0.6) is 0 Å². The number of hydrogen-bond acceptors (Lipinski definition) is 4. The molecule has 4 aromatic rings. The van der Waals surface area contributed by atoms with Crippen LogP contribution in [-0.2, 0) is 0 Å². The third-order valence-corrected chi connectivity index (χ3v) is 4.52. The molecule has 0 aliphatic heterocycles. The lowest BCUT2D eigenvalue weighted by atomic mass is 10.1. The highest BCUT2D eigenvalue weighted by atomic mass is 35.5. The minimum Gasteiger partial charge on any atom is -0.340 e. The molecule has 0 saturated heterocycles. The van der Waals surface area contributed by atoms with Gasteiger partial charge in [-0.1, -0.05) is 29.8 Å². The molecular formula is C23H16ClFN4O. The lowest BCUT2D eigenvalue weighted by Crippen LogP contribution is -2.11. The molecule has 0 saturated carbocycles. The average molecular weight is 419 g/mol. The summed E-state index contributed by atoms with van der Waals surface area (Å²) >= 11 is 5.94. The summed E-state index contributed by atoms with van der Waals surface area (Å²) in [5, 5.41) is 6.51. The van der Waals surface area contributed by atoms with Gasteiger partial charge in [-0.15, -0.1) is 0 Å². The van der Waals surface area contributed by atoms with Crippen molar-refractivity contribution in [2.45, 2.75) is 0 Å². The number of carbonyl (C=O) groups is 1. The van der Waals surface area contributed by atoms with Gasteiger partial charge >= 0.3 is 0 Å². The number of amides is 1. The molecule has 0 spiro atoms. The SMILES string of the molecule is O=C(Nc1cccc(Cl)c1)c1ccc(Nc2cc(-c3cccc(F)c3)ncn2)cc1. The number of carbonyl (C=O) groups excluding carboxylic acids is 1. The lowest BCUT2D eigenvalue weighted by Gasteiger charge is -2.09. The van der Waals surface area contributed by atoms with Crippen molar-refractivity contribution in [3.8, 4) is 11.3 Å². The van der Waals surface area contributed by atoms with Crippen LogP contribution in [0.1, 0.15) is 10.4 Å². The summed E-state index contributed by atoms with van der Waals surface area (Å²) in [7, 11) is 0. The van der Waals surface area contributed by atoms with E-state index in [2.05, 4.69) is 20.6 Å². The molecule has 4 rings (SSSR count). The first-order valence-corrected chi connectivity index (χ1v) is 9.47. The summed E-state index contributed by atoms with van der Waals surface area (Å²) in [6.45, 7) is 0. The van der Waals surface area contributed by atoms with Gasteiger partial charge in [0.15, 0.2) is 0 Å². The highest BCUT2D eigenvalue weighted by Gasteiger charge is 2.08. The van der Waals surface area contributed by atoms with Crippen molar-refractivity contribution in [3.63, 3.8) is 0 Å². The zero-order chi connectivity index (χ0) is 20.9. The number of nitrogens with zero attached hydrogens (tertiary/aromatic N) is 2. The minimum absolute atomic E-state index is 0.237. The van der Waals surface area contributed by atoms with E-state index in [0.717, 1.165) is 5.69 Å². The van der Waals surface area contributed by atoms with E-state index < -0.39 is 0 Å². The molecule has 1 amide bonds. The topological polar surface area (TPSA) is 66.9 Å². The van der Waals surface area contributed by atoms with Crippen molar-refractivity contribution in [2.75, 3.05) is 10.6 Å². The Morgan fingerprint density at radius 3 is 2.43 bits per heavy atom. The molecule has 2 N–H and O–H groups in total. The van der Waals surface area contributed by atoms with Gasteiger partial charge in [-0.3, -0.25) is 4.79 Å². The van der Waals surface area contributed by atoms with Crippen molar-refractivity contribution < 1.29 is 9.18 Å². The fraction of sp³-hybridized carbons (Fsp3) is 0. The van der Waals surface area contributed by atoms with Gasteiger partial charge in [0.25, 0.3) is 5.91 Å². The Labute approximate surface area is 177 Å². The summed E-state index contributed by atoms with van der Waals surface area (Å²) in [6, 6.07) is 21.9. The Bertz CT molecular complexity index is 1200. The fourth-order valence-corrected chi connectivity index (χ4v) is 3.04. The maximum Gasteiger partial charge on any atom is 0.255 e. The van der Waals surface area contributed by atoms with Gasteiger partial charge in [-0.2, -0.15) is 0 Å². The molecule has 7 heteroatoms. The van der Waals surface area contributed by atoms with Gasteiger partial charge in [0.2, 0.25) is 0 Å². The fourth-order valence-electron chi connectivity index (χ4n) is 2.85. The van der Waals surface area contributed by atoms with Crippen LogP contribution in [0.15, 0.2) is 85.2 Å². The van der Waals surface area contributed by atoms with E-state index in [9.17, 15) is 9.18 Å². The Morgan fingerprint density at radius 2 is 1.67 bits per heavy atom. The van der Waals surface area contributed by atoms with E-state index >= 15 is 0 Å². The van der Waals surface area contributed by atoms with Crippen LogP contribution in [0.4, 0.5) is 21.6 Å². The molecule has 0 aliphatic carbocycles. The highest BCUT2D eigenvalue weighted by molar-refractivity contribution is 6.31. The predicted octanol–water partition coefficient (Wildman–Crippen LogP) is 5.93. The first kappa shape index (κ1) is 19.5. The quantitative estimate of drug-likeness (QED) is 0.421. The Morgan fingerprint density at radius 1 is 0.867 bits per heavy atom. The van der Waals surface area contributed by atoms with E-state index in [1.807, 2.05) is 0 Å². The Hall–Kier alpha value is -3.77. The molecule has 0 unspecified atom stereocenters. The van der Waals surface area contributed by atoms with Gasteiger partial charge in [-0.25, -0.2) is 14.4 Å². The van der Waals surface area contributed by atoms with E-state index in [0.29, 0.717) is 33.3 Å². The molecule has 5 nitrogen and oxygen atoms in total. The summed E-state index contributed by atoms with van der Waals surface area (Å²) in [5.41, 5.74) is 3.14. The van der Waals surface area contributed by atoms with E-state index in [-0.39, 0.29) is 11.7 Å². The molecule has 30 heavy (non-hydrogen) atoms. The molecule has 0 fully saturated rings. The molecular weight excluding hydrogens is 403 g/mol. The van der Waals surface area contributed by atoms with Gasteiger partial charge in [0.1, 0.15) is 18.0 Å². The molecule has 1 aromatic heterocycles. The first-order chi connectivity index (χ1) is 14.6. The van der Waals surface area contributed by atoms with Crippen molar-refractivity contribution in [2.24, 2.45) is 0 Å². The van der Waals surface area contributed by atoms with E-state index in [4.69, 9.17) is 11.6 Å². The second kappa shape index (κ2) is 8.71. The second-order valence-electron chi connectivity index (χ2n) is 6.47. The van der Waals surface area contributed by atoms with E-state index in [1.165, 1.54) is 18.5 Å². The largest absolute Gasteiger partial charge is 0.340 e. The lowest BCUT2D eigenvalue weighted by molar-refractivity contribution is 0.102. The summed E-state index contributed by atoms with van der Waals surface area (Å²) < 4.78 is 13.5. The van der Waals surface area contributed by atoms with Gasteiger partial charge in [0, 0.05) is 33.6 Å². The monoisotopic (exact) mass is 418 g/mol. The zero-order valence-corrected chi connectivity index (χ0v) is 16.4. The maximum absolute atomic E-state index is 13.5. The van der Waals surface area contributed by atoms with Crippen molar-refractivity contribution >= 4 is 34.7 Å². The molecule has 1 heterocycles. The molecule has 3 aromatic carbocycles. The molecule has 0 aliphatic rings. The van der Waals surface area contributed by atoms with E-state index in [1.54, 1.807) is 66.7 Å². The minimum atomic E-state index is -0.327.